The molecule has 1 rings (SSSR count). The molecule has 1 N–H and O–H groups in total. The molecule has 1 heterocycles. The number of carbonyl (C=O) groups excluding carboxylic acids is 2. The van der Waals surface area contributed by atoms with Crippen LogP contribution in [-0.4, -0.2) is 28.0 Å². The van der Waals surface area contributed by atoms with Gasteiger partial charge in [-0.3, -0.25) is 4.79 Å². The second-order valence-electron chi connectivity index (χ2n) is 2.96. The largest absolute Gasteiger partial charge is 0.460 e. The summed E-state index contributed by atoms with van der Waals surface area (Å²) in [6, 6.07) is 0. The van der Waals surface area contributed by atoms with Crippen LogP contribution >= 0.6 is 0 Å². The number of rotatable bonds is 3. The average Bonchev–Trinajstić information content (AvgIpc) is 2.46. The van der Waals surface area contributed by atoms with E-state index in [0.29, 0.717) is 12.4 Å². The third-order valence-electron chi connectivity index (χ3n) is 1.64. The van der Waals surface area contributed by atoms with Gasteiger partial charge < -0.3 is 14.6 Å². The molecule has 84 valence electrons. The highest BCUT2D eigenvalue weighted by molar-refractivity contribution is 5.90. The predicted molar refractivity (Wildman–Crippen MR) is 55.6 cm³/mol. The Morgan fingerprint density at radius 2 is 2.33 bits per heavy atom. The van der Waals surface area contributed by atoms with Crippen molar-refractivity contribution in [3.05, 3.63) is 12.0 Å². The van der Waals surface area contributed by atoms with E-state index in [1.165, 1.54) is 11.5 Å². The van der Waals surface area contributed by atoms with Crippen LogP contribution in [0.2, 0.25) is 0 Å². The Morgan fingerprint density at radius 1 is 1.67 bits per heavy atom. The second kappa shape index (κ2) is 4.59. The number of imidazole rings is 1. The molecule has 0 aliphatic carbocycles. The number of aromatic nitrogens is 2. The first kappa shape index (κ1) is 11.2. The van der Waals surface area contributed by atoms with E-state index in [2.05, 4.69) is 10.3 Å². The van der Waals surface area contributed by atoms with Crippen molar-refractivity contribution in [1.29, 1.82) is 0 Å². The van der Waals surface area contributed by atoms with Gasteiger partial charge in [0.05, 0.1) is 6.61 Å². The van der Waals surface area contributed by atoms with Crippen molar-refractivity contribution < 1.29 is 15.8 Å². The zero-order valence-electron chi connectivity index (χ0n) is 8.90. The molecule has 0 bridgehead atoms. The highest BCUT2D eigenvalue weighted by atomic mass is 16.5. The molecule has 1 aromatic rings. The molecule has 0 atom stereocenters. The zero-order chi connectivity index (χ0) is 11.4. The lowest BCUT2D eigenvalue weighted by molar-refractivity contribution is -0.114. The fraction of sp³-hybridized carbons (Fsp3) is 0.444. The lowest BCUT2D eigenvalue weighted by Gasteiger charge is -1.99. The van der Waals surface area contributed by atoms with Crippen LogP contribution < -0.4 is 5.32 Å². The van der Waals surface area contributed by atoms with Crippen LogP contribution in [0.5, 0.6) is 0 Å². The van der Waals surface area contributed by atoms with E-state index >= 15 is 0 Å². The van der Waals surface area contributed by atoms with E-state index in [1.54, 1.807) is 20.2 Å². The van der Waals surface area contributed by atoms with Gasteiger partial charge in [0.1, 0.15) is 0 Å². The number of nitrogens with zero attached hydrogens (tertiary/aromatic N) is 2. The predicted octanol–water partition coefficient (Wildman–Crippen LogP) is 0.801. The number of anilines is 1. The summed E-state index contributed by atoms with van der Waals surface area (Å²) >= 11 is 0. The van der Waals surface area contributed by atoms with Gasteiger partial charge in [-0.15, -0.1) is 0 Å². The molecule has 0 radical (unpaired) electrons. The maximum Gasteiger partial charge on any atom is 0.374 e. The summed E-state index contributed by atoms with van der Waals surface area (Å²) < 4.78 is 6.30. The standard InChI is InChI=1S/C9H13N3O3.H2/c1-4-15-9(14)8-11-7(5-12(8)3)10-6(2)13;/h5H,4H2,1-3H3,(H,10,13);1H. The van der Waals surface area contributed by atoms with E-state index < -0.39 is 5.97 Å². The SMILES string of the molecule is CCOC(=O)c1nc(NC(C)=O)cn1C.[HH]. The van der Waals surface area contributed by atoms with Gasteiger partial charge in [0, 0.05) is 21.6 Å². The third kappa shape index (κ3) is 2.80. The van der Waals surface area contributed by atoms with E-state index in [9.17, 15) is 9.59 Å². The summed E-state index contributed by atoms with van der Waals surface area (Å²) in [5, 5.41) is 2.48. The Bertz CT molecular complexity index is 389. The number of ether oxygens (including phenoxy) is 1. The van der Waals surface area contributed by atoms with Crippen LogP contribution in [0.3, 0.4) is 0 Å². The Hall–Kier alpha value is -1.85. The number of aryl methyl sites for hydroxylation is 1. The molecule has 6 heteroatoms. The van der Waals surface area contributed by atoms with Crippen molar-refractivity contribution in [2.45, 2.75) is 13.8 Å². The molecule has 6 nitrogen and oxygen atoms in total. The zero-order valence-corrected chi connectivity index (χ0v) is 8.90. The molecule has 15 heavy (non-hydrogen) atoms. The molecule has 0 spiro atoms. The Kier molecular flexibility index (Phi) is 3.43. The minimum Gasteiger partial charge on any atom is -0.460 e. The van der Waals surface area contributed by atoms with Gasteiger partial charge >= 0.3 is 5.97 Å². The number of hydrogen-bond acceptors (Lipinski definition) is 4. The molecule has 0 aliphatic heterocycles. The number of esters is 1. The highest BCUT2D eigenvalue weighted by Gasteiger charge is 2.14. The van der Waals surface area contributed by atoms with Gasteiger partial charge in [0.25, 0.3) is 0 Å². The number of hydrogen-bond donors (Lipinski definition) is 1. The second-order valence-corrected chi connectivity index (χ2v) is 2.96. The van der Waals surface area contributed by atoms with E-state index in [0.717, 1.165) is 0 Å². The monoisotopic (exact) mass is 213 g/mol. The van der Waals surface area contributed by atoms with Crippen molar-refractivity contribution >= 4 is 17.7 Å². The van der Waals surface area contributed by atoms with Gasteiger partial charge in [-0.25, -0.2) is 9.78 Å². The van der Waals surface area contributed by atoms with Crippen LogP contribution in [0.25, 0.3) is 0 Å². The van der Waals surface area contributed by atoms with Crippen LogP contribution in [-0.2, 0) is 16.6 Å². The minimum atomic E-state index is -0.503. The first-order valence-corrected chi connectivity index (χ1v) is 4.52. The first-order chi connectivity index (χ1) is 7.04. The summed E-state index contributed by atoms with van der Waals surface area (Å²) in [5.74, 6) is -0.228. The fourth-order valence-corrected chi connectivity index (χ4v) is 1.09. The minimum absolute atomic E-state index is 0. The summed E-state index contributed by atoms with van der Waals surface area (Å²) in [5.41, 5.74) is 0. The molecule has 0 unspecified atom stereocenters. The Morgan fingerprint density at radius 3 is 2.87 bits per heavy atom. The summed E-state index contributed by atoms with van der Waals surface area (Å²) in [4.78, 5) is 26.0. The maximum absolute atomic E-state index is 11.3. The molecule has 0 aromatic carbocycles. The summed E-state index contributed by atoms with van der Waals surface area (Å²) in [6.07, 6.45) is 1.55. The van der Waals surface area contributed by atoms with Crippen molar-refractivity contribution in [3.63, 3.8) is 0 Å². The topological polar surface area (TPSA) is 73.2 Å². The van der Waals surface area contributed by atoms with Crippen LogP contribution in [0.4, 0.5) is 5.82 Å². The van der Waals surface area contributed by atoms with Crippen molar-refractivity contribution in [2.24, 2.45) is 7.05 Å². The normalized spacial score (nSPS) is 9.80. The smallest absolute Gasteiger partial charge is 0.374 e. The quantitative estimate of drug-likeness (QED) is 0.754. The third-order valence-corrected chi connectivity index (χ3v) is 1.64. The molecule has 1 aromatic heterocycles. The van der Waals surface area contributed by atoms with E-state index in [4.69, 9.17) is 4.74 Å². The number of carbonyl (C=O) groups is 2. The molecule has 0 fully saturated rings. The number of nitrogens with one attached hydrogen (secondary N) is 1. The summed E-state index contributed by atoms with van der Waals surface area (Å²) in [7, 11) is 1.66. The van der Waals surface area contributed by atoms with Crippen molar-refractivity contribution in [1.82, 2.24) is 9.55 Å². The van der Waals surface area contributed by atoms with Crippen molar-refractivity contribution in [3.8, 4) is 0 Å². The first-order valence-electron chi connectivity index (χ1n) is 4.52. The van der Waals surface area contributed by atoms with Gasteiger partial charge in [0.15, 0.2) is 5.82 Å². The molecular weight excluding hydrogens is 198 g/mol. The molecule has 1 amide bonds. The molecule has 0 aliphatic rings. The molecular formula is C9H15N3O3. The van der Waals surface area contributed by atoms with Gasteiger partial charge in [-0.2, -0.15) is 0 Å². The lowest BCUT2D eigenvalue weighted by Crippen LogP contribution is -2.11. The van der Waals surface area contributed by atoms with E-state index in [1.807, 2.05) is 0 Å². The Labute approximate surface area is 88.7 Å². The Balaban J connectivity index is 0.00000225. The van der Waals surface area contributed by atoms with Gasteiger partial charge in [-0.05, 0) is 6.92 Å². The van der Waals surface area contributed by atoms with Crippen molar-refractivity contribution in [2.75, 3.05) is 11.9 Å². The maximum atomic E-state index is 11.3. The van der Waals surface area contributed by atoms with Crippen LogP contribution in [0, 0.1) is 0 Å². The fourth-order valence-electron chi connectivity index (χ4n) is 1.09. The highest BCUT2D eigenvalue weighted by Crippen LogP contribution is 2.07. The van der Waals surface area contributed by atoms with Crippen LogP contribution in [0.15, 0.2) is 6.20 Å². The summed E-state index contributed by atoms with van der Waals surface area (Å²) in [6.45, 7) is 3.38. The van der Waals surface area contributed by atoms with E-state index in [-0.39, 0.29) is 13.2 Å². The molecule has 0 saturated heterocycles. The van der Waals surface area contributed by atoms with Gasteiger partial charge in [-0.1, -0.05) is 0 Å². The number of amides is 1. The lowest BCUT2D eigenvalue weighted by atomic mass is 10.6. The average molecular weight is 213 g/mol. The van der Waals surface area contributed by atoms with Crippen LogP contribution in [0.1, 0.15) is 25.9 Å². The molecule has 0 saturated carbocycles. The van der Waals surface area contributed by atoms with Gasteiger partial charge in [0.2, 0.25) is 11.7 Å².